The maximum atomic E-state index is 4.62. The lowest BCUT2D eigenvalue weighted by atomic mass is 9.98. The molecule has 4 aromatic rings. The van der Waals surface area contributed by atoms with Crippen molar-refractivity contribution >= 4 is 21.8 Å². The first kappa shape index (κ1) is 30.2. The van der Waals surface area contributed by atoms with Crippen LogP contribution in [0.25, 0.3) is 32.9 Å². The number of nitrogens with zero attached hydrogens (tertiary/aromatic N) is 2. The molecule has 0 saturated heterocycles. The van der Waals surface area contributed by atoms with Gasteiger partial charge >= 0.3 is 0 Å². The zero-order chi connectivity index (χ0) is 27.8. The fourth-order valence-corrected chi connectivity index (χ4v) is 5.96. The van der Waals surface area contributed by atoms with Gasteiger partial charge in [-0.3, -0.25) is 0 Å². The highest BCUT2D eigenvalue weighted by molar-refractivity contribution is 6.04. The van der Waals surface area contributed by atoms with Crippen LogP contribution in [0.4, 0.5) is 0 Å². The van der Waals surface area contributed by atoms with Crippen LogP contribution in [0.3, 0.4) is 0 Å². The summed E-state index contributed by atoms with van der Waals surface area (Å²) in [7, 11) is 0. The van der Waals surface area contributed by atoms with E-state index >= 15 is 0 Å². The maximum absolute atomic E-state index is 4.62. The smallest absolute Gasteiger partial charge is 0.0942 e. The van der Waals surface area contributed by atoms with Gasteiger partial charge in [0.1, 0.15) is 0 Å². The Hall–Kier alpha value is -2.74. The molecule has 1 aromatic heterocycles. The average Bonchev–Trinajstić information content (AvgIpc) is 2.99. The van der Waals surface area contributed by atoms with Crippen molar-refractivity contribution in [2.24, 2.45) is 0 Å². The second-order valence-electron chi connectivity index (χ2n) is 11.9. The molecule has 0 unspecified atom stereocenters. The summed E-state index contributed by atoms with van der Waals surface area (Å²) >= 11 is 0. The monoisotopic (exact) mass is 536 g/mol. The zero-order valence-electron chi connectivity index (χ0n) is 25.4. The summed E-state index contributed by atoms with van der Waals surface area (Å²) in [5, 5.41) is 11.6. The van der Waals surface area contributed by atoms with Crippen LogP contribution in [0.2, 0.25) is 0 Å². The predicted molar refractivity (Wildman–Crippen MR) is 175 cm³/mol. The summed E-state index contributed by atoms with van der Waals surface area (Å²) in [6.45, 7) is 4.57. The number of unbranched alkanes of at least 4 members (excludes halogenated alkanes) is 14. The molecule has 0 radical (unpaired) electrons. The Morgan fingerprint density at radius 3 is 1.40 bits per heavy atom. The van der Waals surface area contributed by atoms with Crippen molar-refractivity contribution in [1.29, 1.82) is 0 Å². The minimum Gasteiger partial charge on any atom is -0.150 e. The first-order chi connectivity index (χ1) is 19.8. The third-order valence-corrected chi connectivity index (χ3v) is 8.54. The van der Waals surface area contributed by atoms with E-state index in [2.05, 4.69) is 84.7 Å². The van der Waals surface area contributed by atoms with Crippen LogP contribution in [0.1, 0.15) is 128 Å². The van der Waals surface area contributed by atoms with Crippen LogP contribution in [-0.4, -0.2) is 10.2 Å². The van der Waals surface area contributed by atoms with Crippen LogP contribution in [0.15, 0.2) is 60.7 Å². The van der Waals surface area contributed by atoms with E-state index in [0.29, 0.717) is 0 Å². The van der Waals surface area contributed by atoms with Crippen molar-refractivity contribution in [3.8, 4) is 11.1 Å². The highest BCUT2D eigenvalue weighted by atomic mass is 15.1. The molecule has 0 saturated carbocycles. The van der Waals surface area contributed by atoms with Crippen LogP contribution < -0.4 is 0 Å². The fraction of sp³-hybridized carbons (Fsp3) is 0.526. The normalized spacial score (nSPS) is 11.6. The Bertz CT molecular complexity index is 1270. The summed E-state index contributed by atoms with van der Waals surface area (Å²) in [5.41, 5.74) is 7.29. The molecule has 0 aliphatic heterocycles. The molecule has 0 aliphatic rings. The number of rotatable bonds is 19. The molecule has 1 heterocycles. The first-order valence-electron chi connectivity index (χ1n) is 16.6. The van der Waals surface area contributed by atoms with Gasteiger partial charge in [-0.15, -0.1) is 10.2 Å². The molecule has 0 bridgehead atoms. The SMILES string of the molecule is CCCCCCCCCCCCc1ccc(-c2ccc3c(c2)nnc2cc(CCCCCCCC)ccc23)cc1. The van der Waals surface area contributed by atoms with Crippen LogP contribution in [0, 0.1) is 0 Å². The van der Waals surface area contributed by atoms with Gasteiger partial charge in [-0.05, 0) is 60.1 Å². The lowest BCUT2D eigenvalue weighted by Gasteiger charge is -2.08. The van der Waals surface area contributed by atoms with Gasteiger partial charge in [0, 0.05) is 10.8 Å². The van der Waals surface area contributed by atoms with E-state index in [4.69, 9.17) is 0 Å². The molecule has 2 heteroatoms. The molecule has 0 atom stereocenters. The number of hydrogen-bond acceptors (Lipinski definition) is 2. The summed E-state index contributed by atoms with van der Waals surface area (Å²) in [5.74, 6) is 0. The summed E-state index contributed by atoms with van der Waals surface area (Å²) in [6.07, 6.45) is 24.2. The van der Waals surface area contributed by atoms with Gasteiger partial charge in [-0.25, -0.2) is 0 Å². The summed E-state index contributed by atoms with van der Waals surface area (Å²) in [6, 6.07) is 22.6. The molecule has 0 amide bonds. The van der Waals surface area contributed by atoms with Gasteiger partial charge in [0.05, 0.1) is 11.0 Å². The summed E-state index contributed by atoms with van der Waals surface area (Å²) in [4.78, 5) is 0. The molecule has 3 aromatic carbocycles. The number of hydrogen-bond donors (Lipinski definition) is 0. The molecule has 0 spiro atoms. The number of benzene rings is 3. The summed E-state index contributed by atoms with van der Waals surface area (Å²) < 4.78 is 0. The van der Waals surface area contributed by atoms with E-state index in [0.717, 1.165) is 17.5 Å². The Morgan fingerprint density at radius 1 is 0.400 bits per heavy atom. The van der Waals surface area contributed by atoms with Crippen molar-refractivity contribution in [3.63, 3.8) is 0 Å². The van der Waals surface area contributed by atoms with Gasteiger partial charge in [0.15, 0.2) is 0 Å². The zero-order valence-corrected chi connectivity index (χ0v) is 25.4. The maximum Gasteiger partial charge on any atom is 0.0942 e. The molecule has 2 nitrogen and oxygen atoms in total. The molecule has 0 fully saturated rings. The Morgan fingerprint density at radius 2 is 0.825 bits per heavy atom. The van der Waals surface area contributed by atoms with E-state index in [1.54, 1.807) is 0 Å². The van der Waals surface area contributed by atoms with E-state index in [1.807, 2.05) is 0 Å². The van der Waals surface area contributed by atoms with Gasteiger partial charge in [-0.2, -0.15) is 0 Å². The van der Waals surface area contributed by atoms with E-state index < -0.39 is 0 Å². The van der Waals surface area contributed by atoms with Gasteiger partial charge < -0.3 is 0 Å². The molecule has 4 rings (SSSR count). The highest BCUT2D eigenvalue weighted by Gasteiger charge is 2.07. The van der Waals surface area contributed by atoms with Crippen LogP contribution >= 0.6 is 0 Å². The highest BCUT2D eigenvalue weighted by Crippen LogP contribution is 2.28. The van der Waals surface area contributed by atoms with Crippen molar-refractivity contribution < 1.29 is 0 Å². The molecule has 214 valence electrons. The quantitative estimate of drug-likeness (QED) is 0.0879. The van der Waals surface area contributed by atoms with Crippen molar-refractivity contribution in [3.05, 3.63) is 71.8 Å². The Kier molecular flexibility index (Phi) is 13.0. The first-order valence-corrected chi connectivity index (χ1v) is 16.6. The largest absolute Gasteiger partial charge is 0.150 e. The van der Waals surface area contributed by atoms with Crippen molar-refractivity contribution in [2.45, 2.75) is 129 Å². The lowest BCUT2D eigenvalue weighted by Crippen LogP contribution is -1.92. The van der Waals surface area contributed by atoms with E-state index in [9.17, 15) is 0 Å². The second kappa shape index (κ2) is 17.2. The van der Waals surface area contributed by atoms with Crippen molar-refractivity contribution in [1.82, 2.24) is 10.2 Å². The lowest BCUT2D eigenvalue weighted by molar-refractivity contribution is 0.556. The Balaban J connectivity index is 1.26. The Labute approximate surface area is 244 Å². The van der Waals surface area contributed by atoms with Crippen LogP contribution in [0.5, 0.6) is 0 Å². The third-order valence-electron chi connectivity index (χ3n) is 8.54. The minimum absolute atomic E-state index is 0.975. The van der Waals surface area contributed by atoms with E-state index in [-0.39, 0.29) is 0 Å². The topological polar surface area (TPSA) is 25.8 Å². The van der Waals surface area contributed by atoms with Gasteiger partial charge in [-0.1, -0.05) is 152 Å². The molecular formula is C38H52N2. The molecule has 40 heavy (non-hydrogen) atoms. The number of aryl methyl sites for hydroxylation is 2. The van der Waals surface area contributed by atoms with Crippen molar-refractivity contribution in [2.75, 3.05) is 0 Å². The fourth-order valence-electron chi connectivity index (χ4n) is 5.96. The minimum atomic E-state index is 0.975. The molecule has 0 aliphatic carbocycles. The standard InChI is InChI=1S/C38H52N2/c1-3-5-7-9-11-12-13-14-16-17-19-31-21-24-33(25-22-31)34-26-28-36-35-27-23-32(20-18-15-10-8-6-4-2)29-37(35)39-40-38(36)30-34/h21-30H,3-20H2,1-2H3. The third kappa shape index (κ3) is 9.43. The number of aromatic nitrogens is 2. The predicted octanol–water partition coefficient (Wildman–Crippen LogP) is 11.8. The average molecular weight is 537 g/mol. The number of fused-ring (bicyclic) bond motifs is 3. The van der Waals surface area contributed by atoms with Gasteiger partial charge in [0.25, 0.3) is 0 Å². The van der Waals surface area contributed by atoms with Gasteiger partial charge in [0.2, 0.25) is 0 Å². The molecular weight excluding hydrogens is 484 g/mol. The van der Waals surface area contributed by atoms with E-state index in [1.165, 1.54) is 142 Å². The second-order valence-corrected chi connectivity index (χ2v) is 11.9. The molecule has 0 N–H and O–H groups in total. The van der Waals surface area contributed by atoms with Crippen LogP contribution in [-0.2, 0) is 12.8 Å².